The maximum Gasteiger partial charge on any atom is 0.319 e. The van der Waals surface area contributed by atoms with Gasteiger partial charge in [0.2, 0.25) is 0 Å². The molecule has 3 N–H and O–H groups in total. The van der Waals surface area contributed by atoms with Crippen molar-refractivity contribution < 1.29 is 9.90 Å². The van der Waals surface area contributed by atoms with Gasteiger partial charge in [0.15, 0.2) is 0 Å². The Labute approximate surface area is 102 Å². The Bertz CT molecular complexity index is 395. The number of anilines is 1. The number of aliphatic hydroxyl groups excluding tert-OH is 1. The summed E-state index contributed by atoms with van der Waals surface area (Å²) in [4.78, 5) is 11.6. The smallest absolute Gasteiger partial charge is 0.319 e. The van der Waals surface area contributed by atoms with Crippen LogP contribution in [0.2, 0.25) is 0 Å². The number of carbonyl (C=O) groups is 1. The highest BCUT2D eigenvalue weighted by molar-refractivity contribution is 5.89. The molecule has 4 nitrogen and oxygen atoms in total. The van der Waals surface area contributed by atoms with E-state index in [0.717, 1.165) is 5.56 Å². The summed E-state index contributed by atoms with van der Waals surface area (Å²) in [5.74, 6) is 0. The molecule has 0 saturated carbocycles. The molecule has 17 heavy (non-hydrogen) atoms. The van der Waals surface area contributed by atoms with E-state index in [0.29, 0.717) is 5.69 Å². The molecule has 94 valence electrons. The summed E-state index contributed by atoms with van der Waals surface area (Å²) in [6, 6.07) is 6.91. The van der Waals surface area contributed by atoms with Gasteiger partial charge in [-0.05, 0) is 45.4 Å². The van der Waals surface area contributed by atoms with Crippen molar-refractivity contribution in [3.05, 3.63) is 29.8 Å². The SMILES string of the molecule is C[C@@H](O)c1cccc(NC(=O)NC(C)(C)C)c1. The minimum Gasteiger partial charge on any atom is -0.389 e. The second-order valence-corrected chi connectivity index (χ2v) is 5.13. The van der Waals surface area contributed by atoms with Gasteiger partial charge in [0.05, 0.1) is 6.10 Å². The van der Waals surface area contributed by atoms with Gasteiger partial charge in [-0.25, -0.2) is 4.79 Å². The minimum atomic E-state index is -0.539. The highest BCUT2D eigenvalue weighted by atomic mass is 16.3. The van der Waals surface area contributed by atoms with E-state index in [1.807, 2.05) is 26.8 Å². The number of amides is 2. The van der Waals surface area contributed by atoms with E-state index in [1.54, 1.807) is 25.1 Å². The van der Waals surface area contributed by atoms with Crippen LogP contribution in [0.15, 0.2) is 24.3 Å². The lowest BCUT2D eigenvalue weighted by molar-refractivity contribution is 0.199. The van der Waals surface area contributed by atoms with Gasteiger partial charge in [0.25, 0.3) is 0 Å². The van der Waals surface area contributed by atoms with E-state index >= 15 is 0 Å². The Hall–Kier alpha value is -1.55. The zero-order valence-electron chi connectivity index (χ0n) is 10.7. The molecular weight excluding hydrogens is 216 g/mol. The van der Waals surface area contributed by atoms with E-state index in [9.17, 15) is 9.90 Å². The molecule has 0 aliphatic heterocycles. The molecule has 0 spiro atoms. The van der Waals surface area contributed by atoms with Crippen LogP contribution in [0, 0.1) is 0 Å². The number of aliphatic hydroxyl groups is 1. The first-order valence-electron chi connectivity index (χ1n) is 5.65. The number of hydrogen-bond acceptors (Lipinski definition) is 2. The quantitative estimate of drug-likeness (QED) is 0.739. The predicted octanol–water partition coefficient (Wildman–Crippen LogP) is 2.66. The van der Waals surface area contributed by atoms with Crippen molar-refractivity contribution in [1.29, 1.82) is 0 Å². The zero-order valence-corrected chi connectivity index (χ0v) is 10.7. The van der Waals surface area contributed by atoms with Crippen LogP contribution in [-0.4, -0.2) is 16.7 Å². The topological polar surface area (TPSA) is 61.4 Å². The Morgan fingerprint density at radius 3 is 2.53 bits per heavy atom. The monoisotopic (exact) mass is 236 g/mol. The average Bonchev–Trinajstić information content (AvgIpc) is 2.14. The van der Waals surface area contributed by atoms with Gasteiger partial charge in [-0.3, -0.25) is 0 Å². The molecule has 0 bridgehead atoms. The lowest BCUT2D eigenvalue weighted by atomic mass is 10.1. The van der Waals surface area contributed by atoms with E-state index in [2.05, 4.69) is 10.6 Å². The average molecular weight is 236 g/mol. The molecule has 0 heterocycles. The molecule has 4 heteroatoms. The van der Waals surface area contributed by atoms with Gasteiger partial charge in [0.1, 0.15) is 0 Å². The number of hydrogen-bond donors (Lipinski definition) is 3. The summed E-state index contributed by atoms with van der Waals surface area (Å²) in [5, 5.41) is 15.0. The molecule has 0 fully saturated rings. The highest BCUT2D eigenvalue weighted by Gasteiger charge is 2.13. The van der Waals surface area contributed by atoms with Crippen LogP contribution in [-0.2, 0) is 0 Å². The molecule has 0 aromatic heterocycles. The predicted molar refractivity (Wildman–Crippen MR) is 69.0 cm³/mol. The fourth-order valence-electron chi connectivity index (χ4n) is 1.38. The molecule has 1 aromatic rings. The fraction of sp³-hybridized carbons (Fsp3) is 0.462. The normalized spacial score (nSPS) is 13.0. The second-order valence-electron chi connectivity index (χ2n) is 5.13. The van der Waals surface area contributed by atoms with Crippen LogP contribution in [0.4, 0.5) is 10.5 Å². The van der Waals surface area contributed by atoms with Crippen molar-refractivity contribution in [2.75, 3.05) is 5.32 Å². The van der Waals surface area contributed by atoms with Crippen LogP contribution in [0.3, 0.4) is 0 Å². The summed E-state index contributed by atoms with van der Waals surface area (Å²) in [7, 11) is 0. The van der Waals surface area contributed by atoms with E-state index in [-0.39, 0.29) is 11.6 Å². The first kappa shape index (κ1) is 13.5. The molecule has 2 amide bonds. The van der Waals surface area contributed by atoms with Crippen molar-refractivity contribution in [2.45, 2.75) is 39.3 Å². The summed E-state index contributed by atoms with van der Waals surface area (Å²) < 4.78 is 0. The van der Waals surface area contributed by atoms with Gasteiger partial charge in [-0.2, -0.15) is 0 Å². The fourth-order valence-corrected chi connectivity index (χ4v) is 1.38. The van der Waals surface area contributed by atoms with Crippen molar-refractivity contribution in [2.24, 2.45) is 0 Å². The minimum absolute atomic E-state index is 0.250. The van der Waals surface area contributed by atoms with Crippen molar-refractivity contribution in [1.82, 2.24) is 5.32 Å². The molecule has 1 aromatic carbocycles. The Balaban J connectivity index is 2.69. The molecule has 0 saturated heterocycles. The van der Waals surface area contributed by atoms with Gasteiger partial charge in [0, 0.05) is 11.2 Å². The highest BCUT2D eigenvalue weighted by Crippen LogP contribution is 2.17. The Morgan fingerprint density at radius 1 is 1.35 bits per heavy atom. The van der Waals surface area contributed by atoms with Crippen LogP contribution in [0.5, 0.6) is 0 Å². The van der Waals surface area contributed by atoms with Crippen molar-refractivity contribution >= 4 is 11.7 Å². The number of carbonyl (C=O) groups excluding carboxylic acids is 1. The lowest BCUT2D eigenvalue weighted by Crippen LogP contribution is -2.43. The number of benzene rings is 1. The standard InChI is InChI=1S/C13H20N2O2/c1-9(16)10-6-5-7-11(8-10)14-12(17)15-13(2,3)4/h5-9,16H,1-4H3,(H2,14,15,17)/t9-/m1/s1. The summed E-state index contributed by atoms with van der Waals surface area (Å²) >= 11 is 0. The Kier molecular flexibility index (Phi) is 4.12. The molecule has 1 atom stereocenters. The second kappa shape index (κ2) is 5.19. The van der Waals surface area contributed by atoms with Gasteiger partial charge in [-0.1, -0.05) is 12.1 Å². The first-order chi connectivity index (χ1) is 7.78. The lowest BCUT2D eigenvalue weighted by Gasteiger charge is -2.21. The molecule has 0 aliphatic rings. The molecule has 0 radical (unpaired) electrons. The number of nitrogens with one attached hydrogen (secondary N) is 2. The third-order valence-corrected chi connectivity index (χ3v) is 2.12. The summed E-state index contributed by atoms with van der Waals surface area (Å²) in [5.41, 5.74) is 1.18. The largest absolute Gasteiger partial charge is 0.389 e. The van der Waals surface area contributed by atoms with Gasteiger partial charge < -0.3 is 15.7 Å². The van der Waals surface area contributed by atoms with Crippen LogP contribution < -0.4 is 10.6 Å². The van der Waals surface area contributed by atoms with Crippen LogP contribution in [0.25, 0.3) is 0 Å². The van der Waals surface area contributed by atoms with E-state index in [4.69, 9.17) is 0 Å². The third-order valence-electron chi connectivity index (χ3n) is 2.12. The molecular formula is C13H20N2O2. The number of rotatable bonds is 2. The summed E-state index contributed by atoms with van der Waals surface area (Å²) in [6.07, 6.45) is -0.539. The first-order valence-corrected chi connectivity index (χ1v) is 5.65. The molecule has 0 aliphatic carbocycles. The zero-order chi connectivity index (χ0) is 13.1. The van der Waals surface area contributed by atoms with E-state index < -0.39 is 6.10 Å². The maximum absolute atomic E-state index is 11.6. The molecule has 1 rings (SSSR count). The summed E-state index contributed by atoms with van der Waals surface area (Å²) in [6.45, 7) is 7.44. The van der Waals surface area contributed by atoms with Crippen LogP contribution >= 0.6 is 0 Å². The van der Waals surface area contributed by atoms with Crippen LogP contribution in [0.1, 0.15) is 39.4 Å². The van der Waals surface area contributed by atoms with Crippen molar-refractivity contribution in [3.63, 3.8) is 0 Å². The van der Waals surface area contributed by atoms with Gasteiger partial charge >= 0.3 is 6.03 Å². The maximum atomic E-state index is 11.6. The molecule has 0 unspecified atom stereocenters. The van der Waals surface area contributed by atoms with Crippen molar-refractivity contribution in [3.8, 4) is 0 Å². The number of urea groups is 1. The Morgan fingerprint density at radius 2 is 2.00 bits per heavy atom. The third kappa shape index (κ3) is 4.87. The van der Waals surface area contributed by atoms with Gasteiger partial charge in [-0.15, -0.1) is 0 Å². The van der Waals surface area contributed by atoms with E-state index in [1.165, 1.54) is 0 Å².